The first-order valence-corrected chi connectivity index (χ1v) is 6.13. The smallest absolute Gasteiger partial charge is 0.309 e. The number of nitrogens with zero attached hydrogens (tertiary/aromatic N) is 3. The van der Waals surface area contributed by atoms with Crippen molar-refractivity contribution in [2.75, 3.05) is 25.0 Å². The van der Waals surface area contributed by atoms with Crippen LogP contribution in [0.3, 0.4) is 0 Å². The Labute approximate surface area is 111 Å². The van der Waals surface area contributed by atoms with E-state index in [0.29, 0.717) is 13.1 Å². The van der Waals surface area contributed by atoms with Crippen LogP contribution in [0.2, 0.25) is 0 Å². The predicted molar refractivity (Wildman–Crippen MR) is 68.9 cm³/mol. The van der Waals surface area contributed by atoms with Crippen molar-refractivity contribution in [1.29, 1.82) is 0 Å². The quantitative estimate of drug-likeness (QED) is 0.800. The van der Waals surface area contributed by atoms with Gasteiger partial charge in [0.25, 0.3) is 0 Å². The second kappa shape index (κ2) is 5.00. The maximum Gasteiger partial charge on any atom is 0.309 e. The number of amides is 1. The van der Waals surface area contributed by atoms with Gasteiger partial charge in [-0.25, -0.2) is 0 Å². The van der Waals surface area contributed by atoms with Crippen molar-refractivity contribution in [3.05, 3.63) is 11.4 Å². The van der Waals surface area contributed by atoms with Crippen LogP contribution < -0.4 is 5.32 Å². The van der Waals surface area contributed by atoms with Crippen molar-refractivity contribution in [1.82, 2.24) is 14.7 Å². The molecule has 1 aliphatic rings. The van der Waals surface area contributed by atoms with Crippen LogP contribution in [0.15, 0.2) is 0 Å². The van der Waals surface area contributed by atoms with E-state index in [4.69, 9.17) is 5.11 Å². The summed E-state index contributed by atoms with van der Waals surface area (Å²) in [6.07, 6.45) is 0. The molecule has 1 aromatic heterocycles. The second-order valence-corrected chi connectivity index (χ2v) is 4.95. The van der Waals surface area contributed by atoms with Crippen LogP contribution in [0.1, 0.15) is 11.4 Å². The molecule has 7 nitrogen and oxygen atoms in total. The number of carbonyl (C=O) groups excluding carboxylic acids is 1. The van der Waals surface area contributed by atoms with Gasteiger partial charge in [-0.3, -0.25) is 19.2 Å². The molecule has 0 unspecified atom stereocenters. The van der Waals surface area contributed by atoms with Crippen molar-refractivity contribution < 1.29 is 14.7 Å². The first-order valence-electron chi connectivity index (χ1n) is 6.13. The number of aromatic nitrogens is 2. The lowest BCUT2D eigenvalue weighted by molar-refractivity contribution is -0.148. The monoisotopic (exact) mass is 266 g/mol. The lowest BCUT2D eigenvalue weighted by atomic mass is 10.0. The third-order valence-electron chi connectivity index (χ3n) is 3.45. The van der Waals surface area contributed by atoms with E-state index in [1.807, 2.05) is 25.8 Å². The summed E-state index contributed by atoms with van der Waals surface area (Å²) in [7, 11) is 1.82. The van der Waals surface area contributed by atoms with Crippen LogP contribution >= 0.6 is 0 Å². The molecule has 104 valence electrons. The van der Waals surface area contributed by atoms with Crippen molar-refractivity contribution in [2.24, 2.45) is 13.0 Å². The Kier molecular flexibility index (Phi) is 3.57. The van der Waals surface area contributed by atoms with Crippen LogP contribution in [-0.4, -0.2) is 51.3 Å². The van der Waals surface area contributed by atoms with Crippen molar-refractivity contribution in [2.45, 2.75) is 13.8 Å². The molecule has 0 aliphatic carbocycles. The van der Waals surface area contributed by atoms with Crippen molar-refractivity contribution in [3.8, 4) is 0 Å². The molecule has 7 heteroatoms. The van der Waals surface area contributed by atoms with Crippen molar-refractivity contribution >= 4 is 17.6 Å². The van der Waals surface area contributed by atoms with E-state index >= 15 is 0 Å². The zero-order valence-electron chi connectivity index (χ0n) is 11.3. The molecule has 1 saturated heterocycles. The lowest BCUT2D eigenvalue weighted by Gasteiger charge is -2.35. The molecule has 1 fully saturated rings. The Balaban J connectivity index is 1.87. The minimum atomic E-state index is -0.796. The number of hydrogen-bond acceptors (Lipinski definition) is 4. The lowest BCUT2D eigenvalue weighted by Crippen LogP contribution is -2.52. The topological polar surface area (TPSA) is 87.5 Å². The highest BCUT2D eigenvalue weighted by Gasteiger charge is 2.33. The van der Waals surface area contributed by atoms with Gasteiger partial charge in [0.05, 0.1) is 29.5 Å². The molecule has 0 aromatic carbocycles. The summed E-state index contributed by atoms with van der Waals surface area (Å²) in [5.41, 5.74) is 2.42. The Morgan fingerprint density at radius 3 is 2.53 bits per heavy atom. The summed E-state index contributed by atoms with van der Waals surface area (Å²) in [5, 5.41) is 15.8. The van der Waals surface area contributed by atoms with Gasteiger partial charge in [-0.2, -0.15) is 5.10 Å². The van der Waals surface area contributed by atoms with E-state index < -0.39 is 5.97 Å². The van der Waals surface area contributed by atoms with Crippen LogP contribution in [-0.2, 0) is 16.6 Å². The molecule has 2 heterocycles. The van der Waals surface area contributed by atoms with E-state index in [1.54, 1.807) is 4.68 Å². The van der Waals surface area contributed by atoms with Crippen LogP contribution in [0.4, 0.5) is 5.69 Å². The number of aryl methyl sites for hydroxylation is 2. The average Bonchev–Trinajstić information content (AvgIpc) is 2.49. The van der Waals surface area contributed by atoms with Gasteiger partial charge < -0.3 is 10.4 Å². The number of hydrogen-bond donors (Lipinski definition) is 2. The van der Waals surface area contributed by atoms with Gasteiger partial charge in [0.1, 0.15) is 0 Å². The zero-order valence-corrected chi connectivity index (χ0v) is 11.3. The summed E-state index contributed by atoms with van der Waals surface area (Å²) in [6.45, 7) is 4.82. The Morgan fingerprint density at radius 1 is 1.42 bits per heavy atom. The molecular weight excluding hydrogens is 248 g/mol. The number of anilines is 1. The molecule has 2 N–H and O–H groups in total. The molecule has 0 spiro atoms. The molecular formula is C12H18N4O3. The third-order valence-corrected chi connectivity index (χ3v) is 3.45. The highest BCUT2D eigenvalue weighted by atomic mass is 16.4. The van der Waals surface area contributed by atoms with E-state index in [2.05, 4.69) is 10.4 Å². The molecule has 0 saturated carbocycles. The highest BCUT2D eigenvalue weighted by Crippen LogP contribution is 2.19. The molecule has 1 aliphatic heterocycles. The zero-order chi connectivity index (χ0) is 14.2. The molecule has 2 rings (SSSR count). The fourth-order valence-electron chi connectivity index (χ4n) is 2.19. The van der Waals surface area contributed by atoms with E-state index in [-0.39, 0.29) is 18.4 Å². The number of rotatable bonds is 4. The fourth-order valence-corrected chi connectivity index (χ4v) is 2.19. The molecule has 0 bridgehead atoms. The predicted octanol–water partition coefficient (Wildman–Crippen LogP) is -0.00816. The van der Waals surface area contributed by atoms with Gasteiger partial charge in [-0.15, -0.1) is 0 Å². The summed E-state index contributed by atoms with van der Waals surface area (Å²) in [4.78, 5) is 24.3. The normalized spacial score (nSPS) is 16.2. The summed E-state index contributed by atoms with van der Waals surface area (Å²) in [6, 6.07) is 0. The minimum Gasteiger partial charge on any atom is -0.481 e. The van der Waals surface area contributed by atoms with Crippen LogP contribution in [0, 0.1) is 19.8 Å². The van der Waals surface area contributed by atoms with Gasteiger partial charge in [-0.1, -0.05) is 0 Å². The van der Waals surface area contributed by atoms with E-state index in [1.165, 1.54) is 0 Å². The summed E-state index contributed by atoms with van der Waals surface area (Å²) < 4.78 is 1.72. The Bertz CT molecular complexity index is 517. The molecule has 19 heavy (non-hydrogen) atoms. The number of aliphatic carboxylic acids is 1. The van der Waals surface area contributed by atoms with Gasteiger partial charge in [0.2, 0.25) is 5.91 Å². The molecule has 0 radical (unpaired) electrons. The number of carboxylic acids is 1. The van der Waals surface area contributed by atoms with E-state index in [0.717, 1.165) is 17.1 Å². The summed E-state index contributed by atoms with van der Waals surface area (Å²) >= 11 is 0. The number of nitrogens with one attached hydrogen (secondary N) is 1. The first-order chi connectivity index (χ1) is 8.88. The first kappa shape index (κ1) is 13.5. The minimum absolute atomic E-state index is 0.136. The molecule has 1 aromatic rings. The standard InChI is InChI=1S/C12H18N4O3/c1-7-11(8(2)15(3)14-7)13-10(17)6-16-4-9(5-16)12(18)19/h9H,4-6H2,1-3H3,(H,13,17)(H,18,19). The highest BCUT2D eigenvalue weighted by molar-refractivity contribution is 5.93. The Morgan fingerprint density at radius 2 is 2.05 bits per heavy atom. The number of carboxylic acid groups (broad SMARTS) is 1. The van der Waals surface area contributed by atoms with Gasteiger partial charge in [0.15, 0.2) is 0 Å². The maximum atomic E-state index is 11.9. The maximum absolute atomic E-state index is 11.9. The van der Waals surface area contributed by atoms with Gasteiger partial charge >= 0.3 is 5.97 Å². The number of carbonyl (C=O) groups is 2. The molecule has 0 atom stereocenters. The van der Waals surface area contributed by atoms with Gasteiger partial charge in [-0.05, 0) is 13.8 Å². The second-order valence-electron chi connectivity index (χ2n) is 4.95. The largest absolute Gasteiger partial charge is 0.481 e. The van der Waals surface area contributed by atoms with Crippen LogP contribution in [0.5, 0.6) is 0 Å². The van der Waals surface area contributed by atoms with Crippen LogP contribution in [0.25, 0.3) is 0 Å². The Hall–Kier alpha value is -1.89. The van der Waals surface area contributed by atoms with Crippen molar-refractivity contribution in [3.63, 3.8) is 0 Å². The summed E-state index contributed by atoms with van der Waals surface area (Å²) in [5.74, 6) is -1.27. The number of likely N-dealkylation sites (tertiary alicyclic amines) is 1. The van der Waals surface area contributed by atoms with E-state index in [9.17, 15) is 9.59 Å². The fraction of sp³-hybridized carbons (Fsp3) is 0.583. The molecule has 1 amide bonds. The third kappa shape index (κ3) is 2.76. The van der Waals surface area contributed by atoms with Gasteiger partial charge in [0, 0.05) is 20.1 Å². The SMILES string of the molecule is Cc1nn(C)c(C)c1NC(=O)CN1CC(C(=O)O)C1. The average molecular weight is 266 g/mol.